The van der Waals surface area contributed by atoms with Gasteiger partial charge in [-0.25, -0.2) is 0 Å². The summed E-state index contributed by atoms with van der Waals surface area (Å²) in [6.07, 6.45) is 4.32. The summed E-state index contributed by atoms with van der Waals surface area (Å²) in [5.74, 6) is 0.261. The fraction of sp³-hybridized carbons (Fsp3) is 0.448. The van der Waals surface area contributed by atoms with Gasteiger partial charge in [-0.05, 0) is 23.0 Å². The molecule has 4 rings (SSSR count). The zero-order valence-electron chi connectivity index (χ0n) is 20.3. The monoisotopic (exact) mass is 478 g/mol. The summed E-state index contributed by atoms with van der Waals surface area (Å²) in [7, 11) is 1.38. The zero-order chi connectivity index (χ0) is 24.6. The molecule has 7 atom stereocenters. The van der Waals surface area contributed by atoms with Gasteiger partial charge in [-0.1, -0.05) is 79.7 Å². The number of ether oxygens (including phenoxy) is 4. The molecule has 186 valence electrons. The van der Waals surface area contributed by atoms with E-state index in [2.05, 4.69) is 13.0 Å². The number of hydrogen-bond donors (Lipinski definition) is 0. The van der Waals surface area contributed by atoms with Crippen LogP contribution < -0.4 is 0 Å². The van der Waals surface area contributed by atoms with Gasteiger partial charge in [0, 0.05) is 12.3 Å². The van der Waals surface area contributed by atoms with Crippen molar-refractivity contribution in [3.63, 3.8) is 0 Å². The van der Waals surface area contributed by atoms with Crippen LogP contribution in [0.2, 0.25) is 0 Å². The van der Waals surface area contributed by atoms with E-state index >= 15 is 0 Å². The number of allylic oxidation sites excluding steroid dienone is 1. The maximum atomic E-state index is 12.0. The lowest BCUT2D eigenvalue weighted by molar-refractivity contribution is -0.198. The van der Waals surface area contributed by atoms with Crippen molar-refractivity contribution in [2.75, 3.05) is 7.11 Å². The summed E-state index contributed by atoms with van der Waals surface area (Å²) in [4.78, 5) is 23.3. The molecule has 0 radical (unpaired) electrons. The van der Waals surface area contributed by atoms with Crippen LogP contribution >= 0.6 is 0 Å². The number of rotatable bonds is 11. The highest BCUT2D eigenvalue weighted by Gasteiger charge is 2.45. The van der Waals surface area contributed by atoms with E-state index in [0.717, 1.165) is 17.4 Å². The van der Waals surface area contributed by atoms with Gasteiger partial charge in [0.15, 0.2) is 0 Å². The molecule has 0 aromatic heterocycles. The second-order valence-corrected chi connectivity index (χ2v) is 9.37. The van der Waals surface area contributed by atoms with Gasteiger partial charge >= 0.3 is 5.97 Å². The molecule has 6 nitrogen and oxygen atoms in total. The van der Waals surface area contributed by atoms with Crippen LogP contribution in [0.1, 0.15) is 30.9 Å². The minimum atomic E-state index is -0.414. The summed E-state index contributed by atoms with van der Waals surface area (Å²) in [5.41, 5.74) is 2.13. The first-order valence-electron chi connectivity index (χ1n) is 12.3. The van der Waals surface area contributed by atoms with Gasteiger partial charge in [0.05, 0.1) is 39.0 Å². The molecule has 35 heavy (non-hydrogen) atoms. The SMILES string of the molecule is COC(=O)C[C@@H]1C[C@H](OCc2ccccc2)[C@@H](OCc2ccccc2)[C@H](/C=C/[C@H]2[C@H](C)[C@@H]2C=O)O1. The molecule has 1 heterocycles. The van der Waals surface area contributed by atoms with Crippen LogP contribution in [-0.4, -0.2) is 43.8 Å². The lowest BCUT2D eigenvalue weighted by Crippen LogP contribution is -2.50. The minimum absolute atomic E-state index is 0.0505. The zero-order valence-corrected chi connectivity index (χ0v) is 20.3. The molecular weight excluding hydrogens is 444 g/mol. The van der Waals surface area contributed by atoms with E-state index in [1.807, 2.05) is 66.7 Å². The number of methoxy groups -OCH3 is 1. The first-order valence-corrected chi connectivity index (χ1v) is 12.3. The van der Waals surface area contributed by atoms with Crippen molar-refractivity contribution in [2.24, 2.45) is 17.8 Å². The molecule has 2 fully saturated rings. The smallest absolute Gasteiger partial charge is 0.308 e. The van der Waals surface area contributed by atoms with E-state index in [4.69, 9.17) is 18.9 Å². The molecule has 6 heteroatoms. The van der Waals surface area contributed by atoms with Gasteiger partial charge in [0.25, 0.3) is 0 Å². The van der Waals surface area contributed by atoms with Crippen molar-refractivity contribution in [2.45, 2.75) is 57.4 Å². The van der Waals surface area contributed by atoms with Crippen molar-refractivity contribution < 1.29 is 28.5 Å². The second kappa shape index (κ2) is 12.2. The number of hydrogen-bond acceptors (Lipinski definition) is 6. The maximum Gasteiger partial charge on any atom is 0.308 e. The number of esters is 1. The molecule has 2 aliphatic rings. The van der Waals surface area contributed by atoms with Crippen molar-refractivity contribution in [1.29, 1.82) is 0 Å². The van der Waals surface area contributed by atoms with Crippen molar-refractivity contribution in [1.82, 2.24) is 0 Å². The third kappa shape index (κ3) is 6.88. The molecule has 2 aromatic rings. The quantitative estimate of drug-likeness (QED) is 0.269. The lowest BCUT2D eigenvalue weighted by Gasteiger charge is -2.40. The summed E-state index contributed by atoms with van der Waals surface area (Å²) < 4.78 is 24.0. The molecule has 1 aliphatic heterocycles. The maximum absolute atomic E-state index is 12.0. The van der Waals surface area contributed by atoms with Crippen LogP contribution in [0.4, 0.5) is 0 Å². The largest absolute Gasteiger partial charge is 0.469 e. The summed E-state index contributed by atoms with van der Waals surface area (Å²) in [6.45, 7) is 2.93. The predicted octanol–water partition coefficient (Wildman–Crippen LogP) is 4.52. The van der Waals surface area contributed by atoms with E-state index in [0.29, 0.717) is 25.6 Å². The van der Waals surface area contributed by atoms with Crippen molar-refractivity contribution in [3.05, 3.63) is 83.9 Å². The average molecular weight is 479 g/mol. The molecule has 1 saturated carbocycles. The summed E-state index contributed by atoms with van der Waals surface area (Å²) in [6, 6.07) is 20.0. The van der Waals surface area contributed by atoms with Gasteiger partial charge in [-0.15, -0.1) is 0 Å². The first-order chi connectivity index (χ1) is 17.1. The Morgan fingerprint density at radius 1 is 0.943 bits per heavy atom. The fourth-order valence-corrected chi connectivity index (χ4v) is 4.71. The number of aldehydes is 1. The van der Waals surface area contributed by atoms with E-state index in [9.17, 15) is 9.59 Å². The van der Waals surface area contributed by atoms with Crippen molar-refractivity contribution in [3.8, 4) is 0 Å². The normalized spacial score (nSPS) is 30.2. The van der Waals surface area contributed by atoms with Crippen LogP contribution in [0.25, 0.3) is 0 Å². The molecule has 0 N–H and O–H groups in total. The second-order valence-electron chi connectivity index (χ2n) is 9.37. The Hall–Kier alpha value is -2.80. The van der Waals surface area contributed by atoms with Gasteiger partial charge < -0.3 is 23.7 Å². The number of carbonyl (C=O) groups excluding carboxylic acids is 2. The Morgan fingerprint density at radius 2 is 1.57 bits per heavy atom. The molecule has 0 bridgehead atoms. The molecule has 2 aromatic carbocycles. The topological polar surface area (TPSA) is 71.1 Å². The van der Waals surface area contributed by atoms with Crippen LogP contribution in [0.15, 0.2) is 72.8 Å². The molecule has 1 saturated heterocycles. The van der Waals surface area contributed by atoms with Crippen molar-refractivity contribution >= 4 is 12.3 Å². The Kier molecular flexibility index (Phi) is 8.85. The van der Waals surface area contributed by atoms with Crippen LogP contribution in [0.3, 0.4) is 0 Å². The lowest BCUT2D eigenvalue weighted by atomic mass is 9.94. The van der Waals surface area contributed by atoms with Gasteiger partial charge in [-0.3, -0.25) is 4.79 Å². The summed E-state index contributed by atoms with van der Waals surface area (Å²) >= 11 is 0. The van der Waals surface area contributed by atoms with E-state index < -0.39 is 6.10 Å². The first kappa shape index (κ1) is 25.3. The standard InChI is InChI=1S/C29H34O6/c1-20-24(25(20)17-30)13-14-26-29(34-19-22-11-7-4-8-12-22)27(15-23(35-26)16-28(31)32-2)33-18-21-9-5-3-6-10-21/h3-14,17,20,23-27,29H,15-16,18-19H2,1-2H3/b14-13+/t20-,23-,24-,25-,26-,27-,29-/m0/s1. The highest BCUT2D eigenvalue weighted by molar-refractivity contribution is 5.69. The number of carbonyl (C=O) groups is 2. The predicted molar refractivity (Wildman–Crippen MR) is 131 cm³/mol. The Balaban J connectivity index is 1.54. The third-order valence-corrected chi connectivity index (χ3v) is 6.95. The molecule has 0 unspecified atom stereocenters. The Labute approximate surface area is 207 Å². The van der Waals surface area contributed by atoms with Crippen LogP contribution in [0.5, 0.6) is 0 Å². The van der Waals surface area contributed by atoms with Gasteiger partial charge in [0.2, 0.25) is 0 Å². The van der Waals surface area contributed by atoms with Gasteiger partial charge in [0.1, 0.15) is 18.5 Å². The van der Waals surface area contributed by atoms with Crippen LogP contribution in [-0.2, 0) is 41.8 Å². The van der Waals surface area contributed by atoms with E-state index in [1.165, 1.54) is 7.11 Å². The van der Waals surface area contributed by atoms with Crippen LogP contribution in [0, 0.1) is 17.8 Å². The molecule has 0 amide bonds. The Bertz CT molecular complexity index is 975. The van der Waals surface area contributed by atoms with Gasteiger partial charge in [-0.2, -0.15) is 0 Å². The van der Waals surface area contributed by atoms with E-state index in [-0.39, 0.29) is 42.5 Å². The minimum Gasteiger partial charge on any atom is -0.469 e. The summed E-state index contributed by atoms with van der Waals surface area (Å²) in [5, 5.41) is 0. The van der Waals surface area contributed by atoms with E-state index in [1.54, 1.807) is 0 Å². The molecule has 1 aliphatic carbocycles. The average Bonchev–Trinajstić information content (AvgIpc) is 3.54. The fourth-order valence-electron chi connectivity index (χ4n) is 4.71. The third-order valence-electron chi connectivity index (χ3n) is 6.95. The highest BCUT2D eigenvalue weighted by Crippen LogP contribution is 2.45. The Morgan fingerprint density at radius 3 is 2.14 bits per heavy atom. The molecular formula is C29H34O6. The molecule has 0 spiro atoms. The number of benzene rings is 2. The highest BCUT2D eigenvalue weighted by atomic mass is 16.6.